The Morgan fingerprint density at radius 1 is 0.931 bits per heavy atom. The SMILES string of the molecule is O=C(Cc1ccc2c(c1)OCCCO2)NCCNC(=O)c1cc2ccccc2[nH]1. The molecule has 150 valence electrons. The first-order chi connectivity index (χ1) is 14.2. The van der Waals surface area contributed by atoms with Crippen LogP contribution in [-0.4, -0.2) is 43.1 Å². The topological polar surface area (TPSA) is 92.4 Å². The molecule has 4 rings (SSSR count). The van der Waals surface area contributed by atoms with Gasteiger partial charge in [0, 0.05) is 30.4 Å². The number of hydrogen-bond acceptors (Lipinski definition) is 4. The van der Waals surface area contributed by atoms with Crippen molar-refractivity contribution < 1.29 is 19.1 Å². The molecule has 0 saturated carbocycles. The Kier molecular flexibility index (Phi) is 5.65. The van der Waals surface area contributed by atoms with Crippen molar-refractivity contribution in [3.8, 4) is 11.5 Å². The van der Waals surface area contributed by atoms with E-state index in [2.05, 4.69) is 15.6 Å². The number of amides is 2. The first-order valence-corrected chi connectivity index (χ1v) is 9.70. The second-order valence-corrected chi connectivity index (χ2v) is 6.88. The molecule has 2 heterocycles. The van der Waals surface area contributed by atoms with Crippen LogP contribution in [0.25, 0.3) is 10.9 Å². The van der Waals surface area contributed by atoms with Crippen LogP contribution in [0.2, 0.25) is 0 Å². The van der Waals surface area contributed by atoms with Gasteiger partial charge in [-0.1, -0.05) is 24.3 Å². The highest BCUT2D eigenvalue weighted by Gasteiger charge is 2.13. The van der Waals surface area contributed by atoms with E-state index < -0.39 is 0 Å². The van der Waals surface area contributed by atoms with Gasteiger partial charge in [-0.15, -0.1) is 0 Å². The maximum Gasteiger partial charge on any atom is 0.267 e. The Labute approximate surface area is 168 Å². The minimum atomic E-state index is -0.196. The Balaban J connectivity index is 1.23. The predicted molar refractivity (Wildman–Crippen MR) is 109 cm³/mol. The average Bonchev–Trinajstić information content (AvgIpc) is 3.03. The van der Waals surface area contributed by atoms with E-state index in [1.54, 1.807) is 0 Å². The quantitative estimate of drug-likeness (QED) is 0.561. The minimum absolute atomic E-state index is 0.112. The second-order valence-electron chi connectivity index (χ2n) is 6.88. The Morgan fingerprint density at radius 3 is 2.59 bits per heavy atom. The number of benzene rings is 2. The Hall–Kier alpha value is -3.48. The molecule has 7 nitrogen and oxygen atoms in total. The largest absolute Gasteiger partial charge is 0.490 e. The Morgan fingerprint density at radius 2 is 1.72 bits per heavy atom. The molecule has 1 aromatic heterocycles. The minimum Gasteiger partial charge on any atom is -0.490 e. The van der Waals surface area contributed by atoms with Gasteiger partial charge in [-0.05, 0) is 29.8 Å². The number of aromatic nitrogens is 1. The fourth-order valence-corrected chi connectivity index (χ4v) is 3.23. The summed E-state index contributed by atoms with van der Waals surface area (Å²) in [4.78, 5) is 27.5. The summed E-state index contributed by atoms with van der Waals surface area (Å²) in [6.07, 6.45) is 1.08. The van der Waals surface area contributed by atoms with Gasteiger partial charge in [0.1, 0.15) is 5.69 Å². The molecule has 0 spiro atoms. The van der Waals surface area contributed by atoms with Crippen molar-refractivity contribution in [3.63, 3.8) is 0 Å². The third-order valence-electron chi connectivity index (χ3n) is 4.68. The summed E-state index contributed by atoms with van der Waals surface area (Å²) in [5, 5.41) is 6.61. The number of hydrogen-bond donors (Lipinski definition) is 3. The van der Waals surface area contributed by atoms with Gasteiger partial charge in [-0.3, -0.25) is 9.59 Å². The lowest BCUT2D eigenvalue weighted by Crippen LogP contribution is -2.35. The summed E-state index contributed by atoms with van der Waals surface area (Å²) in [6, 6.07) is 15.1. The van der Waals surface area contributed by atoms with Crippen molar-refractivity contribution in [1.82, 2.24) is 15.6 Å². The summed E-state index contributed by atoms with van der Waals surface area (Å²) in [6.45, 7) is 1.95. The van der Waals surface area contributed by atoms with Crippen LogP contribution in [0.5, 0.6) is 11.5 Å². The van der Waals surface area contributed by atoms with Gasteiger partial charge in [-0.25, -0.2) is 0 Å². The van der Waals surface area contributed by atoms with Crippen LogP contribution >= 0.6 is 0 Å². The highest BCUT2D eigenvalue weighted by Crippen LogP contribution is 2.30. The lowest BCUT2D eigenvalue weighted by molar-refractivity contribution is -0.120. The van der Waals surface area contributed by atoms with Crippen LogP contribution in [0.15, 0.2) is 48.5 Å². The molecular formula is C22H23N3O4. The zero-order valence-electron chi connectivity index (χ0n) is 16.0. The predicted octanol–water partition coefficient (Wildman–Crippen LogP) is 2.42. The molecule has 1 aliphatic rings. The van der Waals surface area contributed by atoms with E-state index >= 15 is 0 Å². The monoisotopic (exact) mass is 393 g/mol. The van der Waals surface area contributed by atoms with Gasteiger partial charge in [0.05, 0.1) is 19.6 Å². The van der Waals surface area contributed by atoms with E-state index in [0.29, 0.717) is 43.5 Å². The number of para-hydroxylation sites is 1. The average molecular weight is 393 g/mol. The zero-order valence-corrected chi connectivity index (χ0v) is 16.0. The molecule has 0 atom stereocenters. The first kappa shape index (κ1) is 18.9. The van der Waals surface area contributed by atoms with Crippen molar-refractivity contribution in [1.29, 1.82) is 0 Å². The Bertz CT molecular complexity index is 995. The molecule has 7 heteroatoms. The van der Waals surface area contributed by atoms with Gasteiger partial charge < -0.3 is 25.1 Å². The van der Waals surface area contributed by atoms with Crippen molar-refractivity contribution in [2.45, 2.75) is 12.8 Å². The van der Waals surface area contributed by atoms with E-state index in [4.69, 9.17) is 9.47 Å². The molecule has 0 aliphatic carbocycles. The maximum absolute atomic E-state index is 12.2. The molecule has 3 aromatic rings. The number of ether oxygens (including phenoxy) is 2. The van der Waals surface area contributed by atoms with Crippen LogP contribution in [0.3, 0.4) is 0 Å². The van der Waals surface area contributed by atoms with Crippen LogP contribution in [0.1, 0.15) is 22.5 Å². The van der Waals surface area contributed by atoms with Crippen LogP contribution < -0.4 is 20.1 Å². The molecule has 29 heavy (non-hydrogen) atoms. The van der Waals surface area contributed by atoms with Crippen molar-refractivity contribution in [3.05, 3.63) is 59.8 Å². The van der Waals surface area contributed by atoms with E-state index in [9.17, 15) is 9.59 Å². The smallest absolute Gasteiger partial charge is 0.267 e. The number of rotatable bonds is 6. The number of nitrogens with one attached hydrogen (secondary N) is 3. The molecule has 2 amide bonds. The second kappa shape index (κ2) is 8.68. The first-order valence-electron chi connectivity index (χ1n) is 9.70. The van der Waals surface area contributed by atoms with E-state index in [0.717, 1.165) is 22.9 Å². The molecule has 0 unspecified atom stereocenters. The highest BCUT2D eigenvalue weighted by atomic mass is 16.5. The molecule has 2 aromatic carbocycles. The van der Waals surface area contributed by atoms with Gasteiger partial charge in [-0.2, -0.15) is 0 Å². The molecule has 0 bridgehead atoms. The van der Waals surface area contributed by atoms with Crippen LogP contribution in [0.4, 0.5) is 0 Å². The molecule has 0 radical (unpaired) electrons. The summed E-state index contributed by atoms with van der Waals surface area (Å²) < 4.78 is 11.2. The van der Waals surface area contributed by atoms with Crippen LogP contribution in [0, 0.1) is 0 Å². The van der Waals surface area contributed by atoms with E-state index in [1.165, 1.54) is 0 Å². The third-order valence-corrected chi connectivity index (χ3v) is 4.68. The van der Waals surface area contributed by atoms with E-state index in [-0.39, 0.29) is 18.2 Å². The van der Waals surface area contributed by atoms with Crippen molar-refractivity contribution >= 4 is 22.7 Å². The van der Waals surface area contributed by atoms with Gasteiger partial charge in [0.25, 0.3) is 5.91 Å². The maximum atomic E-state index is 12.2. The molecular weight excluding hydrogens is 370 g/mol. The fourth-order valence-electron chi connectivity index (χ4n) is 3.23. The number of H-pyrrole nitrogens is 1. The number of carbonyl (C=O) groups excluding carboxylic acids is 2. The van der Waals surface area contributed by atoms with Gasteiger partial charge >= 0.3 is 0 Å². The fraction of sp³-hybridized carbons (Fsp3) is 0.273. The third kappa shape index (κ3) is 4.68. The highest BCUT2D eigenvalue weighted by molar-refractivity contribution is 5.98. The summed E-state index contributed by atoms with van der Waals surface area (Å²) >= 11 is 0. The number of fused-ring (bicyclic) bond motifs is 2. The lowest BCUT2D eigenvalue weighted by Gasteiger charge is -2.10. The standard InChI is InChI=1S/C22H23N3O4/c26-21(13-15-6-7-19-20(12-15)29-11-3-10-28-19)23-8-9-24-22(27)18-14-16-4-1-2-5-17(16)25-18/h1-2,4-7,12,14,25H,3,8-11,13H2,(H,23,26)(H,24,27). The van der Waals surface area contributed by atoms with Gasteiger partial charge in [0.2, 0.25) is 5.91 Å². The van der Waals surface area contributed by atoms with E-state index in [1.807, 2.05) is 48.5 Å². The number of aromatic amines is 1. The number of carbonyl (C=O) groups is 2. The van der Waals surface area contributed by atoms with Gasteiger partial charge in [0.15, 0.2) is 11.5 Å². The normalized spacial score (nSPS) is 13.0. The van der Waals surface area contributed by atoms with Crippen molar-refractivity contribution in [2.75, 3.05) is 26.3 Å². The summed E-state index contributed by atoms with van der Waals surface area (Å²) in [5.41, 5.74) is 2.28. The molecule has 1 aliphatic heterocycles. The molecule has 3 N–H and O–H groups in total. The summed E-state index contributed by atoms with van der Waals surface area (Å²) in [5.74, 6) is 1.09. The lowest BCUT2D eigenvalue weighted by atomic mass is 10.1. The van der Waals surface area contributed by atoms with Crippen molar-refractivity contribution in [2.24, 2.45) is 0 Å². The summed E-state index contributed by atoms with van der Waals surface area (Å²) in [7, 11) is 0. The molecule has 0 saturated heterocycles. The van der Waals surface area contributed by atoms with Crippen LogP contribution in [-0.2, 0) is 11.2 Å². The molecule has 0 fully saturated rings. The zero-order chi connectivity index (χ0) is 20.1.